The average molecular weight is 514 g/mol. The number of alkyl halides is 6. The molecule has 2 atom stereocenters. The maximum atomic E-state index is 13.7. The summed E-state index contributed by atoms with van der Waals surface area (Å²) in [7, 11) is 0. The van der Waals surface area contributed by atoms with Crippen LogP contribution in [0.3, 0.4) is 0 Å². The normalized spacial score (nSPS) is 17.9. The van der Waals surface area contributed by atoms with Gasteiger partial charge in [0.2, 0.25) is 5.91 Å². The SMILES string of the molecule is C[C@@H]1C(=O)NCCN1C(=O)N[C@@H](c1cnc(C(F)(F)F)c(Cl)c1)c1ccc(F)c(C(F)(F)F)n1. The van der Waals surface area contributed by atoms with Crippen LogP contribution < -0.4 is 10.6 Å². The van der Waals surface area contributed by atoms with E-state index in [0.717, 1.165) is 17.0 Å². The number of nitrogens with one attached hydrogen (secondary N) is 2. The quantitative estimate of drug-likeness (QED) is 0.609. The number of urea groups is 1. The lowest BCUT2D eigenvalue weighted by Gasteiger charge is -2.34. The van der Waals surface area contributed by atoms with Crippen molar-refractivity contribution in [2.45, 2.75) is 31.4 Å². The highest BCUT2D eigenvalue weighted by Crippen LogP contribution is 2.36. The number of halogens is 8. The highest BCUT2D eigenvalue weighted by Gasteiger charge is 2.39. The van der Waals surface area contributed by atoms with Crippen molar-refractivity contribution in [2.75, 3.05) is 13.1 Å². The van der Waals surface area contributed by atoms with E-state index in [0.29, 0.717) is 12.3 Å². The van der Waals surface area contributed by atoms with Gasteiger partial charge in [0, 0.05) is 24.8 Å². The molecule has 2 aromatic rings. The van der Waals surface area contributed by atoms with E-state index in [1.807, 2.05) is 0 Å². The zero-order valence-electron chi connectivity index (χ0n) is 17.1. The number of carbonyl (C=O) groups is 2. The number of carbonyl (C=O) groups excluding carboxylic acids is 2. The van der Waals surface area contributed by atoms with Crippen molar-refractivity contribution >= 4 is 23.5 Å². The molecule has 0 aliphatic carbocycles. The Morgan fingerprint density at radius 1 is 1.21 bits per heavy atom. The number of hydrogen-bond acceptors (Lipinski definition) is 4. The van der Waals surface area contributed by atoms with Crippen molar-refractivity contribution in [3.8, 4) is 0 Å². The fourth-order valence-corrected chi connectivity index (χ4v) is 3.51. The minimum atomic E-state index is -5.19. The predicted molar refractivity (Wildman–Crippen MR) is 103 cm³/mol. The summed E-state index contributed by atoms with van der Waals surface area (Å²) in [4.78, 5) is 32.2. The topological polar surface area (TPSA) is 87.2 Å². The molecule has 1 saturated heterocycles. The summed E-state index contributed by atoms with van der Waals surface area (Å²) in [6.07, 6.45) is -9.45. The van der Waals surface area contributed by atoms with Crippen LogP contribution in [0.4, 0.5) is 35.5 Å². The molecule has 1 fully saturated rings. The molecule has 0 bridgehead atoms. The summed E-state index contributed by atoms with van der Waals surface area (Å²) in [5, 5.41) is 3.97. The number of piperazine rings is 1. The highest BCUT2D eigenvalue weighted by atomic mass is 35.5. The van der Waals surface area contributed by atoms with Crippen molar-refractivity contribution in [1.82, 2.24) is 25.5 Å². The van der Waals surface area contributed by atoms with E-state index in [1.165, 1.54) is 6.92 Å². The van der Waals surface area contributed by atoms with E-state index in [-0.39, 0.29) is 18.7 Å². The molecule has 1 aliphatic rings. The van der Waals surface area contributed by atoms with Crippen LogP contribution in [0.2, 0.25) is 5.02 Å². The van der Waals surface area contributed by atoms with E-state index in [1.54, 1.807) is 0 Å². The molecule has 3 heterocycles. The molecule has 3 rings (SSSR count). The Bertz CT molecular complexity index is 1110. The molecule has 0 aromatic carbocycles. The molecule has 2 N–H and O–H groups in total. The van der Waals surface area contributed by atoms with Crippen LogP contribution in [0.25, 0.3) is 0 Å². The van der Waals surface area contributed by atoms with Crippen LogP contribution in [0.15, 0.2) is 24.4 Å². The van der Waals surface area contributed by atoms with Crippen molar-refractivity contribution in [2.24, 2.45) is 0 Å². The van der Waals surface area contributed by atoms with Crippen molar-refractivity contribution in [3.63, 3.8) is 0 Å². The first-order valence-corrected chi connectivity index (χ1v) is 9.89. The molecule has 7 nitrogen and oxygen atoms in total. The van der Waals surface area contributed by atoms with Gasteiger partial charge in [0.25, 0.3) is 0 Å². The standard InChI is InChI=1S/C19H15ClF7N5O2/c1-8-16(33)28-4-5-32(8)17(34)31-13(9-6-10(20)14(29-7-9)18(22,23)24)12-3-2-11(21)15(30-12)19(25,26)27/h2-3,6-8,13H,4-5H2,1H3,(H,28,33)(H,31,34)/t8-,13+/m1/s1. The lowest BCUT2D eigenvalue weighted by atomic mass is 10.0. The van der Waals surface area contributed by atoms with Gasteiger partial charge in [-0.15, -0.1) is 0 Å². The minimum absolute atomic E-state index is 0.0438. The highest BCUT2D eigenvalue weighted by molar-refractivity contribution is 6.31. The van der Waals surface area contributed by atoms with Crippen LogP contribution in [0.1, 0.15) is 35.6 Å². The molecule has 0 spiro atoms. The summed E-state index contributed by atoms with van der Waals surface area (Å²) in [6, 6.07) is -1.45. The van der Waals surface area contributed by atoms with Crippen molar-refractivity contribution in [3.05, 3.63) is 57.9 Å². The molecule has 2 aromatic heterocycles. The van der Waals surface area contributed by atoms with Crippen LogP contribution in [-0.2, 0) is 17.1 Å². The van der Waals surface area contributed by atoms with Gasteiger partial charge in [0.15, 0.2) is 17.2 Å². The Balaban J connectivity index is 2.07. The van der Waals surface area contributed by atoms with Crippen LogP contribution in [0.5, 0.6) is 0 Å². The van der Waals surface area contributed by atoms with E-state index in [4.69, 9.17) is 11.6 Å². The predicted octanol–water partition coefficient (Wildman–Crippen LogP) is 3.93. The van der Waals surface area contributed by atoms with Crippen LogP contribution in [0, 0.1) is 5.82 Å². The van der Waals surface area contributed by atoms with Gasteiger partial charge >= 0.3 is 18.4 Å². The number of nitrogens with zero attached hydrogens (tertiary/aromatic N) is 3. The Hall–Kier alpha value is -3.16. The summed E-state index contributed by atoms with van der Waals surface area (Å²) in [6.45, 7) is 1.54. The second kappa shape index (κ2) is 9.24. The second-order valence-electron chi connectivity index (χ2n) is 7.20. The Kier molecular flexibility index (Phi) is 6.92. The van der Waals surface area contributed by atoms with Gasteiger partial charge in [-0.05, 0) is 25.1 Å². The first-order chi connectivity index (χ1) is 15.7. The van der Waals surface area contributed by atoms with Crippen LogP contribution >= 0.6 is 11.6 Å². The fraction of sp³-hybridized carbons (Fsp3) is 0.368. The Labute approximate surface area is 192 Å². The summed E-state index contributed by atoms with van der Waals surface area (Å²) in [5.74, 6) is -2.18. The van der Waals surface area contributed by atoms with Crippen LogP contribution in [-0.4, -0.2) is 45.9 Å². The lowest BCUT2D eigenvalue weighted by molar-refractivity contribution is -0.144. The van der Waals surface area contributed by atoms with Gasteiger partial charge in [-0.25, -0.2) is 19.2 Å². The maximum Gasteiger partial charge on any atom is 0.436 e. The molecule has 3 amide bonds. The second-order valence-corrected chi connectivity index (χ2v) is 7.61. The van der Waals surface area contributed by atoms with Crippen molar-refractivity contribution in [1.29, 1.82) is 0 Å². The van der Waals surface area contributed by atoms with E-state index in [2.05, 4.69) is 20.6 Å². The van der Waals surface area contributed by atoms with E-state index in [9.17, 15) is 40.3 Å². The zero-order valence-corrected chi connectivity index (χ0v) is 17.8. The fourth-order valence-electron chi connectivity index (χ4n) is 3.23. The van der Waals surface area contributed by atoms with Crippen molar-refractivity contribution < 1.29 is 40.3 Å². The number of hydrogen-bond donors (Lipinski definition) is 2. The minimum Gasteiger partial charge on any atom is -0.353 e. The number of rotatable bonds is 3. The number of aromatic nitrogens is 2. The molecule has 15 heteroatoms. The molecule has 184 valence electrons. The summed E-state index contributed by atoms with van der Waals surface area (Å²) in [5.41, 5.74) is -4.14. The third-order valence-electron chi connectivity index (χ3n) is 4.92. The number of amides is 3. The third-order valence-corrected chi connectivity index (χ3v) is 5.21. The molecule has 0 saturated carbocycles. The largest absolute Gasteiger partial charge is 0.436 e. The Morgan fingerprint density at radius 3 is 2.44 bits per heavy atom. The Morgan fingerprint density at radius 2 is 1.85 bits per heavy atom. The molecular weight excluding hydrogens is 499 g/mol. The molecule has 0 radical (unpaired) electrons. The van der Waals surface area contributed by atoms with Gasteiger partial charge in [-0.2, -0.15) is 26.3 Å². The van der Waals surface area contributed by atoms with Gasteiger partial charge < -0.3 is 15.5 Å². The van der Waals surface area contributed by atoms with E-state index < -0.39 is 64.3 Å². The summed E-state index contributed by atoms with van der Waals surface area (Å²) >= 11 is 5.68. The smallest absolute Gasteiger partial charge is 0.353 e. The average Bonchev–Trinajstić information content (AvgIpc) is 2.72. The van der Waals surface area contributed by atoms with Gasteiger partial charge in [0.05, 0.1) is 16.8 Å². The molecule has 1 aliphatic heterocycles. The first-order valence-electron chi connectivity index (χ1n) is 9.51. The third kappa shape index (κ3) is 5.32. The first kappa shape index (κ1) is 25.5. The zero-order chi connectivity index (χ0) is 25.4. The lowest BCUT2D eigenvalue weighted by Crippen LogP contribution is -2.58. The van der Waals surface area contributed by atoms with Gasteiger partial charge in [-0.1, -0.05) is 11.6 Å². The maximum absolute atomic E-state index is 13.7. The monoisotopic (exact) mass is 513 g/mol. The van der Waals surface area contributed by atoms with E-state index >= 15 is 0 Å². The van der Waals surface area contributed by atoms with Gasteiger partial charge in [-0.3, -0.25) is 4.79 Å². The van der Waals surface area contributed by atoms with Gasteiger partial charge in [0.1, 0.15) is 6.04 Å². The number of pyridine rings is 2. The summed E-state index contributed by atoms with van der Waals surface area (Å²) < 4.78 is 92.4. The molecule has 34 heavy (non-hydrogen) atoms. The molecule has 0 unspecified atom stereocenters. The molecular formula is C19H15ClF7N5O2.